The van der Waals surface area contributed by atoms with Gasteiger partial charge in [0.25, 0.3) is 0 Å². The summed E-state index contributed by atoms with van der Waals surface area (Å²) in [6.45, 7) is 8.75. The summed E-state index contributed by atoms with van der Waals surface area (Å²) in [5.41, 5.74) is 0.961. The predicted octanol–water partition coefficient (Wildman–Crippen LogP) is 2.62. The molecule has 0 aromatic carbocycles. The Morgan fingerprint density at radius 3 is 2.94 bits per heavy atom. The van der Waals surface area contributed by atoms with E-state index in [1.807, 2.05) is 13.8 Å². The second-order valence-corrected chi connectivity index (χ2v) is 5.07. The lowest BCUT2D eigenvalue weighted by Gasteiger charge is -2.25. The topological polar surface area (TPSA) is 38.2 Å². The Labute approximate surface area is 113 Å². The molecule has 1 unspecified atom stereocenters. The van der Waals surface area contributed by atoms with Crippen molar-refractivity contribution in [3.8, 4) is 0 Å². The molecular weight excluding hydrogens is 250 g/mol. The van der Waals surface area contributed by atoms with Crippen LogP contribution in [0.3, 0.4) is 0 Å². The molecule has 0 spiro atoms. The minimum absolute atomic E-state index is 0.228. The van der Waals surface area contributed by atoms with Gasteiger partial charge < -0.3 is 9.64 Å². The quantitative estimate of drug-likeness (QED) is 0.774. The van der Waals surface area contributed by atoms with Crippen molar-refractivity contribution in [2.24, 2.45) is 0 Å². The van der Waals surface area contributed by atoms with Crippen molar-refractivity contribution in [1.29, 1.82) is 0 Å². The van der Waals surface area contributed by atoms with Crippen LogP contribution in [0.15, 0.2) is 0 Å². The largest absolute Gasteiger partial charge is 0.377 e. The fourth-order valence-corrected chi connectivity index (χ4v) is 2.36. The van der Waals surface area contributed by atoms with Crippen LogP contribution in [0.5, 0.6) is 0 Å². The fraction of sp³-hybridized carbons (Fsp3) is 0.692. The maximum Gasteiger partial charge on any atom is 0.137 e. The lowest BCUT2D eigenvalue weighted by molar-refractivity contribution is 0.0820. The Hall–Kier alpha value is -0.870. The van der Waals surface area contributed by atoms with Gasteiger partial charge in [-0.25, -0.2) is 9.97 Å². The molecule has 0 N–H and O–H groups in total. The molecule has 2 heterocycles. The van der Waals surface area contributed by atoms with Crippen LogP contribution < -0.4 is 4.90 Å². The van der Waals surface area contributed by atoms with Crippen molar-refractivity contribution in [2.45, 2.75) is 39.7 Å². The number of halogens is 1. The van der Waals surface area contributed by atoms with E-state index in [4.69, 9.17) is 16.3 Å². The van der Waals surface area contributed by atoms with Gasteiger partial charge in [-0.05, 0) is 20.3 Å². The summed E-state index contributed by atoms with van der Waals surface area (Å²) in [5.74, 6) is 1.77. The standard InChI is InChI=1S/C13H20ClN3O/c1-4-11-15-12(14)10(3)13(16-11)17-6-5-7-18-9(2)8-17/h9H,4-8H2,1-3H3. The minimum Gasteiger partial charge on any atom is -0.377 e. The smallest absolute Gasteiger partial charge is 0.137 e. The molecule has 0 bridgehead atoms. The van der Waals surface area contributed by atoms with Crippen LogP contribution in [0, 0.1) is 6.92 Å². The third kappa shape index (κ3) is 2.93. The Bertz CT molecular complexity index is 425. The Balaban J connectivity index is 2.33. The number of anilines is 1. The van der Waals surface area contributed by atoms with E-state index >= 15 is 0 Å². The first-order valence-electron chi connectivity index (χ1n) is 6.51. The molecule has 1 aliphatic heterocycles. The molecule has 0 amide bonds. The van der Waals surface area contributed by atoms with Crippen LogP contribution in [0.1, 0.15) is 31.7 Å². The molecule has 1 saturated heterocycles. The third-order valence-corrected chi connectivity index (χ3v) is 3.54. The Morgan fingerprint density at radius 1 is 1.44 bits per heavy atom. The van der Waals surface area contributed by atoms with E-state index in [0.29, 0.717) is 5.15 Å². The minimum atomic E-state index is 0.228. The number of ether oxygens (including phenoxy) is 1. The number of aromatic nitrogens is 2. The van der Waals surface area contributed by atoms with E-state index in [1.54, 1.807) is 0 Å². The molecule has 1 aliphatic rings. The van der Waals surface area contributed by atoms with Crippen molar-refractivity contribution >= 4 is 17.4 Å². The third-order valence-electron chi connectivity index (χ3n) is 3.18. The monoisotopic (exact) mass is 269 g/mol. The Kier molecular flexibility index (Phi) is 4.40. The molecule has 0 aliphatic carbocycles. The van der Waals surface area contributed by atoms with Gasteiger partial charge in [-0.1, -0.05) is 18.5 Å². The van der Waals surface area contributed by atoms with Gasteiger partial charge in [0.2, 0.25) is 0 Å². The second kappa shape index (κ2) is 5.85. The molecule has 5 heteroatoms. The average Bonchev–Trinajstić information content (AvgIpc) is 2.57. The highest BCUT2D eigenvalue weighted by Crippen LogP contribution is 2.25. The number of aryl methyl sites for hydroxylation is 1. The van der Waals surface area contributed by atoms with Crippen molar-refractivity contribution in [3.05, 3.63) is 16.5 Å². The maximum absolute atomic E-state index is 6.19. The summed E-state index contributed by atoms with van der Waals surface area (Å²) in [6.07, 6.45) is 2.05. The lowest BCUT2D eigenvalue weighted by atomic mass is 10.2. The van der Waals surface area contributed by atoms with E-state index in [0.717, 1.165) is 49.7 Å². The molecule has 1 fully saturated rings. The fourth-order valence-electron chi connectivity index (χ4n) is 2.17. The first kappa shape index (κ1) is 13.6. The van der Waals surface area contributed by atoms with Gasteiger partial charge in [0.1, 0.15) is 16.8 Å². The molecule has 0 saturated carbocycles. The van der Waals surface area contributed by atoms with Gasteiger partial charge in [0, 0.05) is 31.7 Å². The average molecular weight is 270 g/mol. The molecule has 100 valence electrons. The lowest BCUT2D eigenvalue weighted by Crippen LogP contribution is -2.31. The van der Waals surface area contributed by atoms with Gasteiger partial charge in [-0.15, -0.1) is 0 Å². The van der Waals surface area contributed by atoms with Crippen molar-refractivity contribution < 1.29 is 4.74 Å². The summed E-state index contributed by atoms with van der Waals surface area (Å²) in [4.78, 5) is 11.2. The number of hydrogen-bond acceptors (Lipinski definition) is 4. The number of hydrogen-bond donors (Lipinski definition) is 0. The first-order valence-corrected chi connectivity index (χ1v) is 6.89. The number of nitrogens with zero attached hydrogens (tertiary/aromatic N) is 3. The zero-order chi connectivity index (χ0) is 13.1. The van der Waals surface area contributed by atoms with Gasteiger partial charge in [0.05, 0.1) is 6.10 Å². The molecular formula is C13H20ClN3O. The summed E-state index contributed by atoms with van der Waals surface area (Å²) < 4.78 is 5.66. The zero-order valence-electron chi connectivity index (χ0n) is 11.2. The molecule has 1 aromatic heterocycles. The van der Waals surface area contributed by atoms with Crippen LogP contribution in [0.4, 0.5) is 5.82 Å². The predicted molar refractivity (Wildman–Crippen MR) is 73.4 cm³/mol. The van der Waals surface area contributed by atoms with E-state index in [9.17, 15) is 0 Å². The van der Waals surface area contributed by atoms with Crippen LogP contribution in [0.25, 0.3) is 0 Å². The van der Waals surface area contributed by atoms with Gasteiger partial charge >= 0.3 is 0 Å². The van der Waals surface area contributed by atoms with Crippen LogP contribution in [-0.4, -0.2) is 35.8 Å². The summed E-state index contributed by atoms with van der Waals surface area (Å²) in [5, 5.41) is 0.565. The molecule has 1 aromatic rings. The Morgan fingerprint density at radius 2 is 2.22 bits per heavy atom. The molecule has 4 nitrogen and oxygen atoms in total. The van der Waals surface area contributed by atoms with Crippen LogP contribution >= 0.6 is 11.6 Å². The SMILES string of the molecule is CCc1nc(Cl)c(C)c(N2CCCOC(C)C2)n1. The van der Waals surface area contributed by atoms with E-state index in [2.05, 4.69) is 21.8 Å². The number of rotatable bonds is 2. The zero-order valence-corrected chi connectivity index (χ0v) is 12.0. The second-order valence-electron chi connectivity index (χ2n) is 4.71. The summed E-state index contributed by atoms with van der Waals surface area (Å²) >= 11 is 6.19. The molecule has 18 heavy (non-hydrogen) atoms. The maximum atomic E-state index is 6.19. The highest BCUT2D eigenvalue weighted by atomic mass is 35.5. The highest BCUT2D eigenvalue weighted by Gasteiger charge is 2.20. The van der Waals surface area contributed by atoms with Crippen molar-refractivity contribution in [2.75, 3.05) is 24.6 Å². The van der Waals surface area contributed by atoms with E-state index < -0.39 is 0 Å². The summed E-state index contributed by atoms with van der Waals surface area (Å²) in [6, 6.07) is 0. The van der Waals surface area contributed by atoms with Gasteiger partial charge in [-0.3, -0.25) is 0 Å². The van der Waals surface area contributed by atoms with Crippen LogP contribution in [0.2, 0.25) is 5.15 Å². The van der Waals surface area contributed by atoms with E-state index in [-0.39, 0.29) is 6.10 Å². The molecule has 1 atom stereocenters. The normalized spacial score (nSPS) is 20.9. The van der Waals surface area contributed by atoms with Crippen molar-refractivity contribution in [3.63, 3.8) is 0 Å². The first-order chi connectivity index (χ1) is 8.61. The highest BCUT2D eigenvalue weighted by molar-refractivity contribution is 6.30. The summed E-state index contributed by atoms with van der Waals surface area (Å²) in [7, 11) is 0. The van der Waals surface area contributed by atoms with Crippen LogP contribution in [-0.2, 0) is 11.2 Å². The van der Waals surface area contributed by atoms with Crippen molar-refractivity contribution in [1.82, 2.24) is 9.97 Å². The van der Waals surface area contributed by atoms with Gasteiger partial charge in [0.15, 0.2) is 0 Å². The molecule has 0 radical (unpaired) electrons. The van der Waals surface area contributed by atoms with E-state index in [1.165, 1.54) is 0 Å². The van der Waals surface area contributed by atoms with Gasteiger partial charge in [-0.2, -0.15) is 0 Å². The molecule has 2 rings (SSSR count).